The zero-order valence-electron chi connectivity index (χ0n) is 14.3. The van der Waals surface area contributed by atoms with Crippen molar-refractivity contribution in [2.45, 2.75) is 13.3 Å². The van der Waals surface area contributed by atoms with Crippen molar-refractivity contribution in [1.82, 2.24) is 14.9 Å². The number of aryl methyl sites for hydroxylation is 1. The average molecular weight is 343 g/mol. The number of carbonyl (C=O) groups is 1. The summed E-state index contributed by atoms with van der Waals surface area (Å²) in [5.74, 6) is 2.15. The molecule has 132 valence electrons. The van der Waals surface area contributed by atoms with Gasteiger partial charge in [-0.05, 0) is 31.0 Å². The van der Waals surface area contributed by atoms with Crippen molar-refractivity contribution in [2.24, 2.45) is 0 Å². The number of amides is 1. The minimum atomic E-state index is -0.220. The van der Waals surface area contributed by atoms with Gasteiger partial charge in [0.25, 0.3) is 0 Å². The number of benzene rings is 1. The van der Waals surface area contributed by atoms with Crippen LogP contribution in [0.2, 0.25) is 0 Å². The summed E-state index contributed by atoms with van der Waals surface area (Å²) >= 11 is 0. The lowest BCUT2D eigenvalue weighted by Gasteiger charge is -2.33. The topological polar surface area (TPSA) is 61.4 Å². The van der Waals surface area contributed by atoms with Crippen LogP contribution in [0, 0.1) is 12.7 Å². The third-order valence-corrected chi connectivity index (χ3v) is 4.24. The molecule has 0 bridgehead atoms. The maximum absolute atomic E-state index is 12.9. The standard InChI is InChI=1S/C18H22FN5O/c1-14-21-17(20-7-6-15-2-4-16(19)5-3-15)12-18(22-14)24-10-8-23(13-25)9-11-24/h2-5,12-13H,6-11H2,1H3,(H,20,21,22). The zero-order valence-corrected chi connectivity index (χ0v) is 14.3. The highest BCUT2D eigenvalue weighted by atomic mass is 19.1. The molecule has 1 aromatic heterocycles. The summed E-state index contributed by atoms with van der Waals surface area (Å²) in [7, 11) is 0. The average Bonchev–Trinajstić information content (AvgIpc) is 2.63. The molecule has 25 heavy (non-hydrogen) atoms. The number of nitrogens with one attached hydrogen (secondary N) is 1. The van der Waals surface area contributed by atoms with Gasteiger partial charge in [0, 0.05) is 38.8 Å². The van der Waals surface area contributed by atoms with Crippen LogP contribution in [0.4, 0.5) is 16.0 Å². The Hall–Kier alpha value is -2.70. The van der Waals surface area contributed by atoms with Crippen LogP contribution in [0.15, 0.2) is 30.3 Å². The van der Waals surface area contributed by atoms with Crippen LogP contribution in [0.25, 0.3) is 0 Å². The van der Waals surface area contributed by atoms with Crippen molar-refractivity contribution in [3.63, 3.8) is 0 Å². The van der Waals surface area contributed by atoms with Gasteiger partial charge in [0.1, 0.15) is 23.3 Å². The van der Waals surface area contributed by atoms with Crippen LogP contribution >= 0.6 is 0 Å². The van der Waals surface area contributed by atoms with Gasteiger partial charge in [-0.3, -0.25) is 4.79 Å². The van der Waals surface area contributed by atoms with Crippen LogP contribution in [-0.2, 0) is 11.2 Å². The van der Waals surface area contributed by atoms with Crippen LogP contribution in [0.3, 0.4) is 0 Å². The zero-order chi connectivity index (χ0) is 17.6. The second kappa shape index (κ2) is 7.92. The fourth-order valence-corrected chi connectivity index (χ4v) is 2.85. The molecule has 0 atom stereocenters. The van der Waals surface area contributed by atoms with Gasteiger partial charge in [-0.2, -0.15) is 0 Å². The smallest absolute Gasteiger partial charge is 0.209 e. The van der Waals surface area contributed by atoms with Crippen molar-refractivity contribution in [3.8, 4) is 0 Å². The van der Waals surface area contributed by atoms with Crippen molar-refractivity contribution in [1.29, 1.82) is 0 Å². The number of halogens is 1. The fraction of sp³-hybridized carbons (Fsp3) is 0.389. The Balaban J connectivity index is 1.59. The lowest BCUT2D eigenvalue weighted by Crippen LogP contribution is -2.46. The van der Waals surface area contributed by atoms with Gasteiger partial charge in [0.15, 0.2) is 0 Å². The molecule has 1 fully saturated rings. The molecule has 0 radical (unpaired) electrons. The maximum atomic E-state index is 12.9. The van der Waals surface area contributed by atoms with Crippen molar-refractivity contribution >= 4 is 18.0 Å². The van der Waals surface area contributed by atoms with Gasteiger partial charge in [-0.15, -0.1) is 0 Å². The first kappa shape index (κ1) is 17.1. The number of rotatable bonds is 6. The summed E-state index contributed by atoms with van der Waals surface area (Å²) < 4.78 is 12.9. The second-order valence-electron chi connectivity index (χ2n) is 6.09. The van der Waals surface area contributed by atoms with Gasteiger partial charge in [0.05, 0.1) is 0 Å². The summed E-state index contributed by atoms with van der Waals surface area (Å²) in [5.41, 5.74) is 1.07. The molecule has 1 aliphatic rings. The molecule has 1 saturated heterocycles. The van der Waals surface area contributed by atoms with Gasteiger partial charge >= 0.3 is 0 Å². The first-order chi connectivity index (χ1) is 12.1. The van der Waals surface area contributed by atoms with E-state index in [0.29, 0.717) is 25.5 Å². The van der Waals surface area contributed by atoms with Crippen LogP contribution in [0.5, 0.6) is 0 Å². The highest BCUT2D eigenvalue weighted by Crippen LogP contribution is 2.17. The minimum absolute atomic E-state index is 0.220. The molecule has 0 aliphatic carbocycles. The van der Waals surface area contributed by atoms with E-state index in [4.69, 9.17) is 0 Å². The maximum Gasteiger partial charge on any atom is 0.209 e. The van der Waals surface area contributed by atoms with Gasteiger partial charge in [0.2, 0.25) is 6.41 Å². The van der Waals surface area contributed by atoms with Gasteiger partial charge in [-0.1, -0.05) is 12.1 Å². The number of aromatic nitrogens is 2. The summed E-state index contributed by atoms with van der Waals surface area (Å²) in [4.78, 5) is 23.7. The Kier molecular flexibility index (Phi) is 5.42. The lowest BCUT2D eigenvalue weighted by molar-refractivity contribution is -0.118. The van der Waals surface area contributed by atoms with Crippen molar-refractivity contribution < 1.29 is 9.18 Å². The van der Waals surface area contributed by atoms with E-state index >= 15 is 0 Å². The number of anilines is 2. The van der Waals surface area contributed by atoms with E-state index < -0.39 is 0 Å². The van der Waals surface area contributed by atoms with E-state index in [2.05, 4.69) is 20.2 Å². The highest BCUT2D eigenvalue weighted by molar-refractivity contribution is 5.52. The molecular weight excluding hydrogens is 321 g/mol. The predicted molar refractivity (Wildman–Crippen MR) is 95.2 cm³/mol. The molecule has 2 heterocycles. The van der Waals surface area contributed by atoms with E-state index in [1.807, 2.05) is 13.0 Å². The Morgan fingerprint density at radius 2 is 1.88 bits per heavy atom. The Bertz CT molecular complexity index is 714. The number of carbonyl (C=O) groups excluding carboxylic acids is 1. The van der Waals surface area contributed by atoms with E-state index in [1.54, 1.807) is 17.0 Å². The first-order valence-corrected chi connectivity index (χ1v) is 8.42. The van der Waals surface area contributed by atoms with E-state index in [9.17, 15) is 9.18 Å². The molecule has 1 aromatic carbocycles. The molecule has 3 rings (SSSR count). The fourth-order valence-electron chi connectivity index (χ4n) is 2.85. The van der Waals surface area contributed by atoms with Crippen LogP contribution < -0.4 is 10.2 Å². The molecule has 0 spiro atoms. The van der Waals surface area contributed by atoms with Gasteiger partial charge in [-0.25, -0.2) is 14.4 Å². The molecule has 0 saturated carbocycles. The number of piperazine rings is 1. The predicted octanol–water partition coefficient (Wildman–Crippen LogP) is 1.86. The second-order valence-corrected chi connectivity index (χ2v) is 6.09. The third kappa shape index (κ3) is 4.65. The molecule has 2 aromatic rings. The van der Waals surface area contributed by atoms with Crippen molar-refractivity contribution in [3.05, 3.63) is 47.5 Å². The van der Waals surface area contributed by atoms with E-state index in [1.165, 1.54) is 12.1 Å². The molecule has 1 N–H and O–H groups in total. The molecule has 1 aliphatic heterocycles. The lowest BCUT2D eigenvalue weighted by atomic mass is 10.1. The summed E-state index contributed by atoms with van der Waals surface area (Å²) in [6, 6.07) is 8.47. The van der Waals surface area contributed by atoms with Crippen LogP contribution in [-0.4, -0.2) is 54.0 Å². The largest absolute Gasteiger partial charge is 0.370 e. The minimum Gasteiger partial charge on any atom is -0.370 e. The van der Waals surface area contributed by atoms with E-state index in [0.717, 1.165) is 43.1 Å². The molecule has 6 nitrogen and oxygen atoms in total. The molecular formula is C18H22FN5O. The number of nitrogens with zero attached hydrogens (tertiary/aromatic N) is 4. The number of hydrogen-bond acceptors (Lipinski definition) is 5. The Morgan fingerprint density at radius 3 is 2.56 bits per heavy atom. The SMILES string of the molecule is Cc1nc(NCCc2ccc(F)cc2)cc(N2CCN(C=O)CC2)n1. The molecule has 1 amide bonds. The summed E-state index contributed by atoms with van der Waals surface area (Å²) in [5, 5.41) is 3.31. The third-order valence-electron chi connectivity index (χ3n) is 4.24. The molecule has 0 unspecified atom stereocenters. The van der Waals surface area contributed by atoms with Crippen molar-refractivity contribution in [2.75, 3.05) is 42.9 Å². The monoisotopic (exact) mass is 343 g/mol. The first-order valence-electron chi connectivity index (χ1n) is 8.42. The van der Waals surface area contributed by atoms with Crippen LogP contribution in [0.1, 0.15) is 11.4 Å². The van der Waals surface area contributed by atoms with E-state index in [-0.39, 0.29) is 5.82 Å². The highest BCUT2D eigenvalue weighted by Gasteiger charge is 2.17. The Morgan fingerprint density at radius 1 is 1.16 bits per heavy atom. The summed E-state index contributed by atoms with van der Waals surface area (Å²) in [6.07, 6.45) is 1.68. The Labute approximate surface area is 146 Å². The molecule has 7 heteroatoms. The summed E-state index contributed by atoms with van der Waals surface area (Å²) in [6.45, 7) is 5.53. The normalized spacial score (nSPS) is 14.5. The van der Waals surface area contributed by atoms with Gasteiger partial charge < -0.3 is 15.1 Å². The number of hydrogen-bond donors (Lipinski definition) is 1. The quantitative estimate of drug-likeness (QED) is 0.811.